The van der Waals surface area contributed by atoms with Gasteiger partial charge in [0.05, 0.1) is 11.7 Å². The second-order valence-electron chi connectivity index (χ2n) is 5.99. The summed E-state index contributed by atoms with van der Waals surface area (Å²) in [5.74, 6) is -0.646. The Morgan fingerprint density at radius 3 is 2.57 bits per heavy atom. The van der Waals surface area contributed by atoms with Crippen LogP contribution in [0.5, 0.6) is 0 Å². The molecule has 0 aliphatic rings. The van der Waals surface area contributed by atoms with E-state index in [1.54, 1.807) is 18.2 Å². The highest BCUT2D eigenvalue weighted by Gasteiger charge is 2.19. The van der Waals surface area contributed by atoms with Gasteiger partial charge in [0, 0.05) is 6.54 Å². The molecule has 0 bridgehead atoms. The van der Waals surface area contributed by atoms with Crippen LogP contribution in [0.3, 0.4) is 0 Å². The lowest BCUT2D eigenvalue weighted by molar-refractivity contribution is -0.120. The van der Waals surface area contributed by atoms with Gasteiger partial charge in [0.2, 0.25) is 5.91 Å². The monoisotopic (exact) mass is 314 g/mol. The molecule has 0 aliphatic heterocycles. The Morgan fingerprint density at radius 1 is 1.22 bits per heavy atom. The van der Waals surface area contributed by atoms with E-state index in [9.17, 15) is 9.18 Å². The van der Waals surface area contributed by atoms with Crippen molar-refractivity contribution in [3.05, 3.63) is 65.0 Å². The fraction of sp³-hybridized carbons (Fsp3) is 0.316. The summed E-state index contributed by atoms with van der Waals surface area (Å²) >= 11 is 0. The highest BCUT2D eigenvalue weighted by Crippen LogP contribution is 2.16. The second-order valence-corrected chi connectivity index (χ2v) is 5.99. The molecule has 0 saturated carbocycles. The van der Waals surface area contributed by atoms with Crippen molar-refractivity contribution in [3.8, 4) is 0 Å². The number of halogens is 1. The van der Waals surface area contributed by atoms with Crippen LogP contribution in [0.4, 0.5) is 10.1 Å². The third-order valence-electron chi connectivity index (χ3n) is 4.09. The number of likely N-dealkylation sites (N-methyl/N-ethyl adjacent to an activating group) is 1. The topological polar surface area (TPSA) is 32.3 Å². The Kier molecular flexibility index (Phi) is 5.50. The first-order valence-corrected chi connectivity index (χ1v) is 7.70. The van der Waals surface area contributed by atoms with Crippen LogP contribution in [0.25, 0.3) is 0 Å². The molecule has 0 heterocycles. The maximum atomic E-state index is 13.6. The first-order valence-electron chi connectivity index (χ1n) is 7.70. The molecule has 0 fully saturated rings. The Balaban J connectivity index is 2.02. The van der Waals surface area contributed by atoms with E-state index in [2.05, 4.69) is 37.4 Å². The molecular weight excluding hydrogens is 291 g/mol. The van der Waals surface area contributed by atoms with Crippen LogP contribution in [0.1, 0.15) is 23.6 Å². The third-order valence-corrected chi connectivity index (χ3v) is 4.09. The minimum absolute atomic E-state index is 0.212. The van der Waals surface area contributed by atoms with E-state index in [-0.39, 0.29) is 17.6 Å². The first kappa shape index (κ1) is 17.2. The quantitative estimate of drug-likeness (QED) is 0.908. The molecule has 2 aromatic rings. The van der Waals surface area contributed by atoms with Crippen molar-refractivity contribution in [1.29, 1.82) is 0 Å². The Hall–Kier alpha value is -2.20. The Morgan fingerprint density at radius 2 is 1.91 bits per heavy atom. The molecule has 1 atom stereocenters. The largest absolute Gasteiger partial charge is 0.322 e. The van der Waals surface area contributed by atoms with Crippen molar-refractivity contribution in [1.82, 2.24) is 4.90 Å². The number of nitrogens with one attached hydrogen (secondary N) is 1. The molecule has 0 unspecified atom stereocenters. The van der Waals surface area contributed by atoms with Crippen molar-refractivity contribution >= 4 is 11.6 Å². The number of hydrogen-bond donors (Lipinski definition) is 1. The molecule has 2 aromatic carbocycles. The predicted octanol–water partition coefficient (Wildman–Crippen LogP) is 3.90. The van der Waals surface area contributed by atoms with Crippen molar-refractivity contribution < 1.29 is 9.18 Å². The Bertz CT molecular complexity index is 700. The van der Waals surface area contributed by atoms with Crippen molar-refractivity contribution in [3.63, 3.8) is 0 Å². The van der Waals surface area contributed by atoms with Gasteiger partial charge in [-0.1, -0.05) is 35.9 Å². The molecule has 0 aromatic heterocycles. The summed E-state index contributed by atoms with van der Waals surface area (Å²) in [7, 11) is 1.89. The summed E-state index contributed by atoms with van der Waals surface area (Å²) in [5, 5.41) is 2.64. The highest BCUT2D eigenvalue weighted by molar-refractivity contribution is 5.94. The van der Waals surface area contributed by atoms with Gasteiger partial charge in [-0.25, -0.2) is 4.39 Å². The molecule has 2 rings (SSSR count). The standard InChI is InChI=1S/C19H23FN2O/c1-13-9-10-16(14(2)11-13)12-22(4)15(3)19(23)21-18-8-6-5-7-17(18)20/h5-11,15H,12H2,1-4H3,(H,21,23)/t15-/m0/s1. The maximum absolute atomic E-state index is 13.6. The minimum atomic E-state index is -0.426. The van der Waals surface area contributed by atoms with E-state index in [0.29, 0.717) is 6.54 Å². The number of aryl methyl sites for hydroxylation is 2. The molecule has 0 spiro atoms. The van der Waals surface area contributed by atoms with Crippen LogP contribution in [0.2, 0.25) is 0 Å². The average molecular weight is 314 g/mol. The number of amides is 1. The molecular formula is C19H23FN2O. The van der Waals surface area contributed by atoms with Gasteiger partial charge in [0.1, 0.15) is 5.82 Å². The van der Waals surface area contributed by atoms with E-state index in [0.717, 1.165) is 0 Å². The van der Waals surface area contributed by atoms with Gasteiger partial charge in [-0.2, -0.15) is 0 Å². The molecule has 0 saturated heterocycles. The van der Waals surface area contributed by atoms with Crippen LogP contribution < -0.4 is 5.32 Å². The number of hydrogen-bond acceptors (Lipinski definition) is 2. The first-order chi connectivity index (χ1) is 10.9. The fourth-order valence-corrected chi connectivity index (χ4v) is 2.43. The number of carbonyl (C=O) groups is 1. The van der Waals surface area contributed by atoms with Crippen LogP contribution in [0.15, 0.2) is 42.5 Å². The summed E-state index contributed by atoms with van der Waals surface area (Å²) in [5.41, 5.74) is 3.82. The van der Waals surface area contributed by atoms with Gasteiger partial charge in [0.25, 0.3) is 0 Å². The number of carbonyl (C=O) groups excluding carboxylic acids is 1. The number of nitrogens with zero attached hydrogens (tertiary/aromatic N) is 1. The summed E-state index contributed by atoms with van der Waals surface area (Å²) in [6, 6.07) is 12.1. The molecule has 0 aliphatic carbocycles. The molecule has 4 heteroatoms. The summed E-state index contributed by atoms with van der Waals surface area (Å²) in [4.78, 5) is 14.3. The number of para-hydroxylation sites is 1. The predicted molar refractivity (Wildman–Crippen MR) is 91.9 cm³/mol. The Labute approximate surface area is 137 Å². The SMILES string of the molecule is Cc1ccc(CN(C)[C@@H](C)C(=O)Nc2ccccc2F)c(C)c1. The van der Waals surface area contributed by atoms with Gasteiger partial charge >= 0.3 is 0 Å². The lowest BCUT2D eigenvalue weighted by Gasteiger charge is -2.25. The van der Waals surface area contributed by atoms with Crippen LogP contribution in [0, 0.1) is 19.7 Å². The van der Waals surface area contributed by atoms with Crippen LogP contribution >= 0.6 is 0 Å². The summed E-state index contributed by atoms with van der Waals surface area (Å²) in [6.07, 6.45) is 0. The lowest BCUT2D eigenvalue weighted by Crippen LogP contribution is -2.39. The molecule has 1 amide bonds. The average Bonchev–Trinajstić information content (AvgIpc) is 2.51. The molecule has 23 heavy (non-hydrogen) atoms. The molecule has 3 nitrogen and oxygen atoms in total. The summed E-state index contributed by atoms with van der Waals surface area (Å²) in [6.45, 7) is 6.61. The number of rotatable bonds is 5. The normalized spacial score (nSPS) is 12.3. The second kappa shape index (κ2) is 7.38. The van der Waals surface area contributed by atoms with Crippen molar-refractivity contribution in [2.24, 2.45) is 0 Å². The number of benzene rings is 2. The lowest BCUT2D eigenvalue weighted by atomic mass is 10.0. The van der Waals surface area contributed by atoms with E-state index in [1.165, 1.54) is 22.8 Å². The van der Waals surface area contributed by atoms with Crippen molar-refractivity contribution in [2.75, 3.05) is 12.4 Å². The molecule has 0 radical (unpaired) electrons. The van der Waals surface area contributed by atoms with Gasteiger partial charge in [-0.15, -0.1) is 0 Å². The van der Waals surface area contributed by atoms with Gasteiger partial charge in [0.15, 0.2) is 0 Å². The third kappa shape index (κ3) is 4.39. The molecule has 122 valence electrons. The fourth-order valence-electron chi connectivity index (χ4n) is 2.43. The van der Waals surface area contributed by atoms with Crippen LogP contribution in [-0.4, -0.2) is 23.9 Å². The van der Waals surface area contributed by atoms with E-state index < -0.39 is 5.82 Å². The smallest absolute Gasteiger partial charge is 0.241 e. The molecule has 1 N–H and O–H groups in total. The van der Waals surface area contributed by atoms with Gasteiger partial charge in [-0.3, -0.25) is 9.69 Å². The zero-order valence-electron chi connectivity index (χ0n) is 14.1. The maximum Gasteiger partial charge on any atom is 0.241 e. The van der Waals surface area contributed by atoms with E-state index >= 15 is 0 Å². The van der Waals surface area contributed by atoms with E-state index in [4.69, 9.17) is 0 Å². The van der Waals surface area contributed by atoms with Crippen LogP contribution in [-0.2, 0) is 11.3 Å². The minimum Gasteiger partial charge on any atom is -0.322 e. The van der Waals surface area contributed by atoms with Gasteiger partial charge < -0.3 is 5.32 Å². The zero-order chi connectivity index (χ0) is 17.0. The zero-order valence-corrected chi connectivity index (χ0v) is 14.1. The van der Waals surface area contributed by atoms with Crippen molar-refractivity contribution in [2.45, 2.75) is 33.4 Å². The highest BCUT2D eigenvalue weighted by atomic mass is 19.1. The van der Waals surface area contributed by atoms with Gasteiger partial charge in [-0.05, 0) is 51.1 Å². The van der Waals surface area contributed by atoms with E-state index in [1.807, 2.05) is 18.9 Å². The summed E-state index contributed by atoms with van der Waals surface area (Å²) < 4.78 is 13.6. The number of anilines is 1.